The van der Waals surface area contributed by atoms with E-state index < -0.39 is 35.7 Å². The fourth-order valence-corrected chi connectivity index (χ4v) is 5.13. The third-order valence-electron chi connectivity index (χ3n) is 7.43. The number of urea groups is 1. The van der Waals surface area contributed by atoms with Crippen LogP contribution in [0.1, 0.15) is 48.0 Å². The van der Waals surface area contributed by atoms with Gasteiger partial charge < -0.3 is 30.5 Å². The normalized spacial score (nSPS) is 22.2. The van der Waals surface area contributed by atoms with Gasteiger partial charge in [-0.2, -0.15) is 0 Å². The number of carbonyl (C=O) groups excluding carboxylic acids is 4. The number of amides is 5. The third-order valence-corrected chi connectivity index (χ3v) is 7.43. The Kier molecular flexibility index (Phi) is 9.47. The molecule has 0 aromatic heterocycles. The summed E-state index contributed by atoms with van der Waals surface area (Å²) in [6.45, 7) is 11.7. The lowest BCUT2D eigenvalue weighted by atomic mass is 9.85. The van der Waals surface area contributed by atoms with Crippen LogP contribution in [-0.2, 0) is 14.3 Å². The van der Waals surface area contributed by atoms with Crippen molar-refractivity contribution in [3.8, 4) is 0 Å². The Bertz CT molecular complexity index is 1040. The number of likely N-dealkylation sites (tertiary alicyclic amines) is 2. The van der Waals surface area contributed by atoms with Gasteiger partial charge in [-0.1, -0.05) is 39.0 Å². The maximum Gasteiger partial charge on any atom is 0.414 e. The SMILES string of the molecule is CNC(C)C(=O)NC(C(=O)N1CCC2C1C(OC(=O)N(C)c1ccccc1)CN2C(=O)NC(C)C)C(C)(C)C. The van der Waals surface area contributed by atoms with E-state index in [9.17, 15) is 19.2 Å². The van der Waals surface area contributed by atoms with Crippen LogP contribution >= 0.6 is 0 Å². The first-order chi connectivity index (χ1) is 18.3. The summed E-state index contributed by atoms with van der Waals surface area (Å²) in [7, 11) is 3.31. The van der Waals surface area contributed by atoms with E-state index in [2.05, 4.69) is 16.0 Å². The molecule has 0 radical (unpaired) electrons. The van der Waals surface area contributed by atoms with Crippen molar-refractivity contribution in [2.75, 3.05) is 32.1 Å². The van der Waals surface area contributed by atoms with Gasteiger partial charge in [-0.15, -0.1) is 0 Å². The minimum atomic E-state index is -0.804. The fourth-order valence-electron chi connectivity index (χ4n) is 5.13. The molecule has 11 heteroatoms. The highest BCUT2D eigenvalue weighted by Crippen LogP contribution is 2.36. The molecule has 5 amide bonds. The third kappa shape index (κ3) is 6.81. The van der Waals surface area contributed by atoms with Gasteiger partial charge in [0.1, 0.15) is 12.1 Å². The molecule has 0 spiro atoms. The zero-order valence-electron chi connectivity index (χ0n) is 24.4. The van der Waals surface area contributed by atoms with Crippen LogP contribution in [0.5, 0.6) is 0 Å². The molecular weight excluding hydrogens is 500 g/mol. The van der Waals surface area contributed by atoms with Gasteiger partial charge in [0, 0.05) is 25.3 Å². The summed E-state index contributed by atoms with van der Waals surface area (Å²) in [5.41, 5.74) is 0.0886. The van der Waals surface area contributed by atoms with Gasteiger partial charge in [-0.25, -0.2) is 9.59 Å². The van der Waals surface area contributed by atoms with E-state index in [1.807, 2.05) is 52.8 Å². The Hall–Kier alpha value is -3.34. The van der Waals surface area contributed by atoms with Gasteiger partial charge in [0.2, 0.25) is 11.8 Å². The molecule has 2 heterocycles. The summed E-state index contributed by atoms with van der Waals surface area (Å²) in [6.07, 6.45) is -0.758. The van der Waals surface area contributed by atoms with Gasteiger partial charge in [0.05, 0.1) is 24.7 Å². The van der Waals surface area contributed by atoms with Crippen molar-refractivity contribution in [3.63, 3.8) is 0 Å². The Morgan fingerprint density at radius 2 is 1.67 bits per heavy atom. The van der Waals surface area contributed by atoms with Gasteiger partial charge >= 0.3 is 12.1 Å². The minimum absolute atomic E-state index is 0.0736. The van der Waals surface area contributed by atoms with Crippen molar-refractivity contribution < 1.29 is 23.9 Å². The maximum absolute atomic E-state index is 14.0. The van der Waals surface area contributed by atoms with Crippen LogP contribution in [0.25, 0.3) is 0 Å². The topological polar surface area (TPSA) is 123 Å². The lowest BCUT2D eigenvalue weighted by Gasteiger charge is -2.37. The number of benzene rings is 1. The molecule has 3 N–H and O–H groups in total. The molecule has 39 heavy (non-hydrogen) atoms. The molecule has 2 saturated heterocycles. The second-order valence-electron chi connectivity index (χ2n) is 11.8. The summed E-state index contributed by atoms with van der Waals surface area (Å²) in [5, 5.41) is 8.75. The van der Waals surface area contributed by atoms with E-state index >= 15 is 0 Å². The first-order valence-corrected chi connectivity index (χ1v) is 13.6. The van der Waals surface area contributed by atoms with Crippen molar-refractivity contribution in [3.05, 3.63) is 30.3 Å². The van der Waals surface area contributed by atoms with Gasteiger partial charge in [0.25, 0.3) is 0 Å². The molecule has 0 aliphatic carbocycles. The number of fused-ring (bicyclic) bond motifs is 1. The standard InChI is InChI=1S/C28H44N6O5/c1-17(2)30-26(37)34-16-21(39-27(38)32(8)19-12-10-9-11-13-19)22-20(34)14-15-33(22)25(36)23(28(4,5)6)31-24(35)18(3)29-7/h9-13,17-18,20-23,29H,14-16H2,1-8H3,(H,30,37)(H,31,35). The second-order valence-corrected chi connectivity index (χ2v) is 11.8. The Morgan fingerprint density at radius 3 is 2.23 bits per heavy atom. The van der Waals surface area contributed by atoms with Crippen molar-refractivity contribution >= 4 is 29.6 Å². The van der Waals surface area contributed by atoms with Crippen LogP contribution in [-0.4, -0.2) is 97.2 Å². The van der Waals surface area contributed by atoms with Gasteiger partial charge in [0.15, 0.2) is 0 Å². The number of anilines is 1. The first kappa shape index (κ1) is 30.2. The highest BCUT2D eigenvalue weighted by molar-refractivity contribution is 5.91. The predicted molar refractivity (Wildman–Crippen MR) is 149 cm³/mol. The number of hydrogen-bond acceptors (Lipinski definition) is 6. The second kappa shape index (κ2) is 12.2. The molecule has 2 fully saturated rings. The number of nitrogens with one attached hydrogen (secondary N) is 3. The number of rotatable bonds is 7. The monoisotopic (exact) mass is 544 g/mol. The molecule has 0 saturated carbocycles. The molecule has 1 aromatic rings. The Morgan fingerprint density at radius 1 is 1.03 bits per heavy atom. The summed E-state index contributed by atoms with van der Waals surface area (Å²) in [6, 6.07) is 6.66. The van der Waals surface area contributed by atoms with Gasteiger partial charge in [-0.3, -0.25) is 14.5 Å². The predicted octanol–water partition coefficient (Wildman–Crippen LogP) is 2.17. The highest BCUT2D eigenvalue weighted by atomic mass is 16.6. The molecule has 1 aromatic carbocycles. The lowest BCUT2D eigenvalue weighted by molar-refractivity contribution is -0.141. The summed E-state index contributed by atoms with van der Waals surface area (Å²) in [5.74, 6) is -0.534. The molecule has 2 aliphatic heterocycles. The maximum atomic E-state index is 14.0. The quantitative estimate of drug-likeness (QED) is 0.484. The molecule has 2 aliphatic rings. The lowest BCUT2D eigenvalue weighted by Crippen LogP contribution is -2.59. The molecular formula is C28H44N6O5. The number of ether oxygens (including phenoxy) is 1. The van der Waals surface area contributed by atoms with Crippen LogP contribution in [0.15, 0.2) is 30.3 Å². The van der Waals surface area contributed by atoms with E-state index in [0.717, 1.165) is 0 Å². The first-order valence-electron chi connectivity index (χ1n) is 13.6. The molecule has 5 unspecified atom stereocenters. The van der Waals surface area contributed by atoms with Crippen molar-refractivity contribution in [1.29, 1.82) is 0 Å². The van der Waals surface area contributed by atoms with E-state index in [0.29, 0.717) is 18.7 Å². The zero-order valence-corrected chi connectivity index (χ0v) is 24.4. The minimum Gasteiger partial charge on any atom is -0.442 e. The van der Waals surface area contributed by atoms with Crippen LogP contribution in [0.3, 0.4) is 0 Å². The van der Waals surface area contributed by atoms with Crippen molar-refractivity contribution in [1.82, 2.24) is 25.8 Å². The Balaban J connectivity index is 1.89. The smallest absolute Gasteiger partial charge is 0.414 e. The zero-order chi connectivity index (χ0) is 29.1. The number of hydrogen-bond donors (Lipinski definition) is 3. The molecule has 11 nitrogen and oxygen atoms in total. The molecule has 216 valence electrons. The molecule has 3 rings (SSSR count). The van der Waals surface area contributed by atoms with Crippen molar-refractivity contribution in [2.24, 2.45) is 5.41 Å². The molecule has 5 atom stereocenters. The summed E-state index contributed by atoms with van der Waals surface area (Å²) >= 11 is 0. The largest absolute Gasteiger partial charge is 0.442 e. The Labute approximate surface area is 231 Å². The van der Waals surface area contributed by atoms with Crippen molar-refractivity contribution in [2.45, 2.75) is 84.3 Å². The summed E-state index contributed by atoms with van der Waals surface area (Å²) < 4.78 is 5.98. The highest BCUT2D eigenvalue weighted by Gasteiger charge is 2.55. The van der Waals surface area contributed by atoms with Crippen LogP contribution in [0, 0.1) is 5.41 Å². The van der Waals surface area contributed by atoms with Crippen LogP contribution in [0.2, 0.25) is 0 Å². The van der Waals surface area contributed by atoms with E-state index in [1.165, 1.54) is 4.90 Å². The average Bonchev–Trinajstić information content (AvgIpc) is 3.46. The number of likely N-dealkylation sites (N-methyl/N-ethyl adjacent to an activating group) is 1. The van der Waals surface area contributed by atoms with Crippen LogP contribution in [0.4, 0.5) is 15.3 Å². The van der Waals surface area contributed by atoms with E-state index in [-0.39, 0.29) is 36.5 Å². The van der Waals surface area contributed by atoms with Gasteiger partial charge in [-0.05, 0) is 51.8 Å². The van der Waals surface area contributed by atoms with Crippen LogP contribution < -0.4 is 20.9 Å². The number of para-hydroxylation sites is 1. The number of carbonyl (C=O) groups is 4. The fraction of sp³-hybridized carbons (Fsp3) is 0.643. The average molecular weight is 545 g/mol. The van der Waals surface area contributed by atoms with E-state index in [1.54, 1.807) is 43.0 Å². The van der Waals surface area contributed by atoms with E-state index in [4.69, 9.17) is 4.74 Å². The number of nitrogens with zero attached hydrogens (tertiary/aromatic N) is 3. The summed E-state index contributed by atoms with van der Waals surface area (Å²) in [4.78, 5) is 57.9. The molecule has 0 bridgehead atoms.